The molecule has 0 aromatic rings. The minimum atomic E-state index is 0.332. The Morgan fingerprint density at radius 3 is 2.65 bits per heavy atom. The lowest BCUT2D eigenvalue weighted by Crippen LogP contribution is -2.47. The lowest BCUT2D eigenvalue weighted by atomic mass is 10.1. The Labute approximate surface area is 140 Å². The zero-order valence-corrected chi connectivity index (χ0v) is 14.6. The van der Waals surface area contributed by atoms with E-state index in [2.05, 4.69) is 15.2 Å². The minimum absolute atomic E-state index is 0.332. The molecule has 1 N–H and O–H groups in total. The van der Waals surface area contributed by atoms with Gasteiger partial charge in [0.1, 0.15) is 0 Å². The fourth-order valence-electron chi connectivity index (χ4n) is 3.54. The van der Waals surface area contributed by atoms with E-state index in [-0.39, 0.29) is 0 Å². The SMILES string of the molecule is CN=C(NCCC1CC1)N1CCC(OCC2CCCCO2)CC1. The molecule has 0 spiro atoms. The summed E-state index contributed by atoms with van der Waals surface area (Å²) in [6.07, 6.45) is 10.7. The smallest absolute Gasteiger partial charge is 0.193 e. The van der Waals surface area contributed by atoms with Crippen LogP contribution in [0.4, 0.5) is 0 Å². The van der Waals surface area contributed by atoms with Crippen molar-refractivity contribution < 1.29 is 9.47 Å². The van der Waals surface area contributed by atoms with E-state index in [0.717, 1.165) is 64.0 Å². The third-order valence-electron chi connectivity index (χ3n) is 5.28. The summed E-state index contributed by atoms with van der Waals surface area (Å²) in [6.45, 7) is 4.83. The Bertz CT molecular complexity index is 370. The molecule has 0 amide bonds. The zero-order valence-electron chi connectivity index (χ0n) is 14.6. The van der Waals surface area contributed by atoms with Crippen LogP contribution in [0.2, 0.25) is 0 Å². The highest BCUT2D eigenvalue weighted by Crippen LogP contribution is 2.31. The number of nitrogens with one attached hydrogen (secondary N) is 1. The van der Waals surface area contributed by atoms with Crippen molar-refractivity contribution in [2.45, 2.75) is 63.6 Å². The third kappa shape index (κ3) is 5.64. The molecule has 2 aliphatic heterocycles. The first-order valence-electron chi connectivity index (χ1n) is 9.54. The lowest BCUT2D eigenvalue weighted by Gasteiger charge is -2.35. The maximum atomic E-state index is 6.09. The van der Waals surface area contributed by atoms with Gasteiger partial charge in [-0.15, -0.1) is 0 Å². The molecule has 3 fully saturated rings. The van der Waals surface area contributed by atoms with E-state index in [1.54, 1.807) is 0 Å². The van der Waals surface area contributed by atoms with E-state index >= 15 is 0 Å². The number of nitrogens with zero attached hydrogens (tertiary/aromatic N) is 2. The van der Waals surface area contributed by atoms with Crippen molar-refractivity contribution in [1.29, 1.82) is 0 Å². The average Bonchev–Trinajstić information content (AvgIpc) is 3.43. The van der Waals surface area contributed by atoms with Crippen LogP contribution in [0.3, 0.4) is 0 Å². The van der Waals surface area contributed by atoms with Gasteiger partial charge in [-0.2, -0.15) is 0 Å². The molecule has 1 unspecified atom stereocenters. The monoisotopic (exact) mass is 323 g/mol. The number of piperidine rings is 1. The van der Waals surface area contributed by atoms with Crippen LogP contribution in [-0.2, 0) is 9.47 Å². The fourth-order valence-corrected chi connectivity index (χ4v) is 3.54. The zero-order chi connectivity index (χ0) is 15.9. The first kappa shape index (κ1) is 17.0. The molecule has 0 aromatic carbocycles. The van der Waals surface area contributed by atoms with Crippen molar-refractivity contribution in [3.8, 4) is 0 Å². The fraction of sp³-hybridized carbons (Fsp3) is 0.944. The van der Waals surface area contributed by atoms with E-state index in [1.165, 1.54) is 32.1 Å². The highest BCUT2D eigenvalue weighted by atomic mass is 16.5. The first-order valence-corrected chi connectivity index (χ1v) is 9.54. The Morgan fingerprint density at radius 2 is 2.00 bits per heavy atom. The number of aliphatic imine (C=N–C) groups is 1. The summed E-state index contributed by atoms with van der Waals surface area (Å²) in [6, 6.07) is 0. The van der Waals surface area contributed by atoms with Crippen molar-refractivity contribution in [1.82, 2.24) is 10.2 Å². The Morgan fingerprint density at radius 1 is 1.17 bits per heavy atom. The Kier molecular flexibility index (Phi) is 6.57. The second kappa shape index (κ2) is 8.88. The summed E-state index contributed by atoms with van der Waals surface area (Å²) in [4.78, 5) is 6.82. The number of hydrogen-bond donors (Lipinski definition) is 1. The van der Waals surface area contributed by atoms with Gasteiger partial charge in [0, 0.05) is 33.3 Å². The van der Waals surface area contributed by atoms with E-state index in [0.29, 0.717) is 12.2 Å². The van der Waals surface area contributed by atoms with Crippen molar-refractivity contribution in [2.75, 3.05) is 39.9 Å². The number of guanidine groups is 1. The number of hydrogen-bond acceptors (Lipinski definition) is 3. The summed E-state index contributed by atoms with van der Waals surface area (Å²) in [7, 11) is 1.89. The Balaban J connectivity index is 1.31. The van der Waals surface area contributed by atoms with Gasteiger partial charge in [-0.1, -0.05) is 12.8 Å². The van der Waals surface area contributed by atoms with Gasteiger partial charge in [0.25, 0.3) is 0 Å². The second-order valence-electron chi connectivity index (χ2n) is 7.21. The maximum Gasteiger partial charge on any atom is 0.193 e. The summed E-state index contributed by atoms with van der Waals surface area (Å²) in [5, 5.41) is 3.52. The van der Waals surface area contributed by atoms with Crippen molar-refractivity contribution >= 4 is 5.96 Å². The van der Waals surface area contributed by atoms with Crippen molar-refractivity contribution in [3.05, 3.63) is 0 Å². The molecule has 5 heteroatoms. The molecule has 132 valence electrons. The molecule has 0 radical (unpaired) electrons. The summed E-state index contributed by atoms with van der Waals surface area (Å²) >= 11 is 0. The van der Waals surface area contributed by atoms with E-state index in [4.69, 9.17) is 9.47 Å². The van der Waals surface area contributed by atoms with Crippen molar-refractivity contribution in [3.63, 3.8) is 0 Å². The van der Waals surface area contributed by atoms with Crippen LogP contribution in [0.5, 0.6) is 0 Å². The van der Waals surface area contributed by atoms with Crippen molar-refractivity contribution in [2.24, 2.45) is 10.9 Å². The van der Waals surface area contributed by atoms with Gasteiger partial charge in [-0.05, 0) is 44.4 Å². The number of rotatable bonds is 6. The molecule has 1 atom stereocenters. The van der Waals surface area contributed by atoms with Gasteiger partial charge in [0.05, 0.1) is 18.8 Å². The highest BCUT2D eigenvalue weighted by Gasteiger charge is 2.24. The van der Waals surface area contributed by atoms with Crippen LogP contribution in [0, 0.1) is 5.92 Å². The van der Waals surface area contributed by atoms with Gasteiger partial charge < -0.3 is 19.7 Å². The van der Waals surface area contributed by atoms with Crippen LogP contribution >= 0.6 is 0 Å². The molecule has 3 rings (SSSR count). The van der Waals surface area contributed by atoms with E-state index in [1.807, 2.05) is 7.05 Å². The standard InChI is InChI=1S/C18H33N3O2/c1-19-18(20-10-7-15-5-6-15)21-11-8-16(9-12-21)23-14-17-4-2-3-13-22-17/h15-17H,2-14H2,1H3,(H,19,20). The summed E-state index contributed by atoms with van der Waals surface area (Å²) in [5.41, 5.74) is 0. The average molecular weight is 323 g/mol. The molecule has 0 aromatic heterocycles. The molecule has 2 saturated heterocycles. The van der Waals surface area contributed by atoms with Gasteiger partial charge in [0.2, 0.25) is 0 Å². The predicted octanol–water partition coefficient (Wildman–Crippen LogP) is 2.41. The predicted molar refractivity (Wildman–Crippen MR) is 92.8 cm³/mol. The molecular weight excluding hydrogens is 290 g/mol. The van der Waals surface area contributed by atoms with Crippen LogP contribution in [0.1, 0.15) is 51.4 Å². The third-order valence-corrected chi connectivity index (χ3v) is 5.28. The van der Waals surface area contributed by atoms with Crippen LogP contribution in [-0.4, -0.2) is 63.0 Å². The maximum absolute atomic E-state index is 6.09. The topological polar surface area (TPSA) is 46.1 Å². The minimum Gasteiger partial charge on any atom is -0.376 e. The number of likely N-dealkylation sites (tertiary alicyclic amines) is 1. The van der Waals surface area contributed by atoms with Crippen LogP contribution in [0.25, 0.3) is 0 Å². The normalized spacial score (nSPS) is 27.3. The quantitative estimate of drug-likeness (QED) is 0.602. The largest absolute Gasteiger partial charge is 0.376 e. The second-order valence-corrected chi connectivity index (χ2v) is 7.21. The van der Waals surface area contributed by atoms with E-state index < -0.39 is 0 Å². The molecule has 1 aliphatic carbocycles. The van der Waals surface area contributed by atoms with Gasteiger partial charge in [0.15, 0.2) is 5.96 Å². The molecule has 0 bridgehead atoms. The molecule has 5 nitrogen and oxygen atoms in total. The molecule has 23 heavy (non-hydrogen) atoms. The van der Waals surface area contributed by atoms with Gasteiger partial charge in [-0.25, -0.2) is 0 Å². The molecule has 1 saturated carbocycles. The summed E-state index contributed by atoms with van der Waals surface area (Å²) in [5.74, 6) is 2.04. The lowest BCUT2D eigenvalue weighted by molar-refractivity contribution is -0.0721. The summed E-state index contributed by atoms with van der Waals surface area (Å²) < 4.78 is 11.8. The van der Waals surface area contributed by atoms with Gasteiger partial charge in [-0.3, -0.25) is 4.99 Å². The first-order chi connectivity index (χ1) is 11.3. The van der Waals surface area contributed by atoms with Crippen LogP contribution in [0.15, 0.2) is 4.99 Å². The van der Waals surface area contributed by atoms with Crippen LogP contribution < -0.4 is 5.32 Å². The molecule has 2 heterocycles. The molecule has 3 aliphatic rings. The number of ether oxygens (including phenoxy) is 2. The van der Waals surface area contributed by atoms with E-state index in [9.17, 15) is 0 Å². The Hall–Kier alpha value is -0.810. The highest BCUT2D eigenvalue weighted by molar-refractivity contribution is 5.79. The molecular formula is C18H33N3O2. The van der Waals surface area contributed by atoms with Gasteiger partial charge >= 0.3 is 0 Å².